The largest absolute Gasteiger partial charge is 0.371 e. The van der Waals surface area contributed by atoms with Crippen molar-refractivity contribution in [1.29, 1.82) is 5.26 Å². The maximum atomic E-state index is 8.74. The molecule has 0 saturated carbocycles. The van der Waals surface area contributed by atoms with Gasteiger partial charge in [0.2, 0.25) is 0 Å². The van der Waals surface area contributed by atoms with Crippen molar-refractivity contribution in [2.75, 3.05) is 18.0 Å². The first kappa shape index (κ1) is 11.5. The fourth-order valence-electron chi connectivity index (χ4n) is 2.25. The number of hydrogen-bond acceptors (Lipinski definition) is 2. The van der Waals surface area contributed by atoms with Crippen LogP contribution in [0.2, 0.25) is 0 Å². The lowest BCUT2D eigenvalue weighted by Crippen LogP contribution is -2.35. The van der Waals surface area contributed by atoms with Crippen molar-refractivity contribution < 1.29 is 0 Å². The Morgan fingerprint density at radius 2 is 2.12 bits per heavy atom. The number of nitriles is 1. The molecular formula is C13H15BrN2. The second-order valence-corrected chi connectivity index (χ2v) is 5.21. The summed E-state index contributed by atoms with van der Waals surface area (Å²) in [6, 6.07) is 10.7. The molecule has 16 heavy (non-hydrogen) atoms. The average molecular weight is 279 g/mol. The molecule has 0 amide bonds. The van der Waals surface area contributed by atoms with Crippen LogP contribution in [-0.4, -0.2) is 13.1 Å². The van der Waals surface area contributed by atoms with Gasteiger partial charge in [-0.25, -0.2) is 0 Å². The van der Waals surface area contributed by atoms with E-state index in [9.17, 15) is 0 Å². The van der Waals surface area contributed by atoms with E-state index in [2.05, 4.69) is 51.2 Å². The van der Waals surface area contributed by atoms with Crippen LogP contribution in [0.3, 0.4) is 0 Å². The monoisotopic (exact) mass is 278 g/mol. The predicted molar refractivity (Wildman–Crippen MR) is 69.3 cm³/mol. The molecule has 0 aliphatic carbocycles. The molecule has 1 aromatic rings. The zero-order valence-electron chi connectivity index (χ0n) is 9.19. The molecule has 1 atom stereocenters. The van der Waals surface area contributed by atoms with Crippen LogP contribution in [-0.2, 0) is 0 Å². The normalized spacial score (nSPS) is 20.5. The Labute approximate surface area is 105 Å². The number of halogens is 1. The van der Waals surface area contributed by atoms with Gasteiger partial charge in [-0.2, -0.15) is 5.26 Å². The zero-order valence-corrected chi connectivity index (χ0v) is 10.8. The van der Waals surface area contributed by atoms with E-state index in [1.807, 2.05) is 0 Å². The molecule has 1 fully saturated rings. The van der Waals surface area contributed by atoms with Gasteiger partial charge in [0.1, 0.15) is 0 Å². The summed E-state index contributed by atoms with van der Waals surface area (Å²) in [4.78, 5) is 2.39. The first-order valence-corrected chi connectivity index (χ1v) is 6.46. The number of anilines is 1. The lowest BCUT2D eigenvalue weighted by molar-refractivity contribution is 0.422. The van der Waals surface area contributed by atoms with E-state index < -0.39 is 0 Å². The fraction of sp³-hybridized carbons (Fsp3) is 0.462. The van der Waals surface area contributed by atoms with Gasteiger partial charge in [-0.15, -0.1) is 0 Å². The van der Waals surface area contributed by atoms with Gasteiger partial charge >= 0.3 is 0 Å². The fourth-order valence-corrected chi connectivity index (χ4v) is 2.51. The molecular weight excluding hydrogens is 264 g/mol. The molecule has 1 saturated heterocycles. The highest BCUT2D eigenvalue weighted by Crippen LogP contribution is 2.25. The highest BCUT2D eigenvalue weighted by atomic mass is 79.9. The summed E-state index contributed by atoms with van der Waals surface area (Å²) in [6.45, 7) is 2.14. The molecule has 1 aromatic carbocycles. The lowest BCUT2D eigenvalue weighted by atomic mass is 9.95. The van der Waals surface area contributed by atoms with Crippen molar-refractivity contribution in [3.8, 4) is 6.07 Å². The number of hydrogen-bond donors (Lipinski definition) is 0. The van der Waals surface area contributed by atoms with E-state index in [1.54, 1.807) is 0 Å². The van der Waals surface area contributed by atoms with Crippen LogP contribution in [0, 0.1) is 17.2 Å². The van der Waals surface area contributed by atoms with Gasteiger partial charge in [0.15, 0.2) is 0 Å². The maximum Gasteiger partial charge on any atom is 0.0625 e. The molecule has 2 nitrogen and oxygen atoms in total. The summed E-state index contributed by atoms with van der Waals surface area (Å²) in [5.41, 5.74) is 1.27. The second kappa shape index (κ2) is 5.36. The molecule has 1 heterocycles. The average Bonchev–Trinajstić information content (AvgIpc) is 2.31. The lowest BCUT2D eigenvalue weighted by Gasteiger charge is -2.33. The van der Waals surface area contributed by atoms with Crippen LogP contribution in [0.4, 0.5) is 5.69 Å². The van der Waals surface area contributed by atoms with E-state index in [0.717, 1.165) is 17.6 Å². The Hall–Kier alpha value is -1.01. The molecule has 0 spiro atoms. The van der Waals surface area contributed by atoms with Gasteiger partial charge in [0, 0.05) is 29.7 Å². The summed E-state index contributed by atoms with van der Waals surface area (Å²) in [5.74, 6) is 0.544. The van der Waals surface area contributed by atoms with E-state index >= 15 is 0 Å². The molecule has 0 bridgehead atoms. The molecule has 0 N–H and O–H groups in total. The van der Waals surface area contributed by atoms with Crippen LogP contribution in [0.5, 0.6) is 0 Å². The van der Waals surface area contributed by atoms with Crippen LogP contribution < -0.4 is 4.90 Å². The number of piperidine rings is 1. The highest BCUT2D eigenvalue weighted by Gasteiger charge is 2.19. The third-order valence-electron chi connectivity index (χ3n) is 3.09. The third-order valence-corrected chi connectivity index (χ3v) is 3.62. The summed E-state index contributed by atoms with van der Waals surface area (Å²) in [5, 5.41) is 8.74. The van der Waals surface area contributed by atoms with Gasteiger partial charge in [0.05, 0.1) is 6.07 Å². The van der Waals surface area contributed by atoms with Crippen molar-refractivity contribution in [2.24, 2.45) is 5.92 Å². The van der Waals surface area contributed by atoms with Gasteiger partial charge < -0.3 is 4.90 Å². The topological polar surface area (TPSA) is 27.0 Å². The van der Waals surface area contributed by atoms with Crippen LogP contribution >= 0.6 is 15.9 Å². The Balaban J connectivity index is 2.04. The standard InChI is InChI=1S/C13H15BrN2/c14-12-3-5-13(6-4-12)16-9-1-2-11(10-16)7-8-15/h3-6,11H,1-2,7,9-10H2. The van der Waals surface area contributed by atoms with Crippen molar-refractivity contribution in [2.45, 2.75) is 19.3 Å². The zero-order chi connectivity index (χ0) is 11.4. The molecule has 0 aromatic heterocycles. The summed E-state index contributed by atoms with van der Waals surface area (Å²) in [7, 11) is 0. The SMILES string of the molecule is N#CCC1CCCN(c2ccc(Br)cc2)C1. The van der Waals surface area contributed by atoms with Gasteiger partial charge in [-0.3, -0.25) is 0 Å². The number of rotatable bonds is 2. The first-order chi connectivity index (χ1) is 7.79. The minimum absolute atomic E-state index is 0.544. The van der Waals surface area contributed by atoms with Crippen molar-refractivity contribution in [1.82, 2.24) is 0 Å². The molecule has 3 heteroatoms. The van der Waals surface area contributed by atoms with Crippen LogP contribution in [0.15, 0.2) is 28.7 Å². The second-order valence-electron chi connectivity index (χ2n) is 4.29. The molecule has 2 rings (SSSR count). The van der Waals surface area contributed by atoms with Crippen molar-refractivity contribution in [3.63, 3.8) is 0 Å². The number of benzene rings is 1. The first-order valence-electron chi connectivity index (χ1n) is 5.67. The van der Waals surface area contributed by atoms with Gasteiger partial charge in [0.25, 0.3) is 0 Å². The Kier molecular flexibility index (Phi) is 3.84. The number of nitrogens with zero attached hydrogens (tertiary/aromatic N) is 2. The van der Waals surface area contributed by atoms with E-state index in [0.29, 0.717) is 12.3 Å². The van der Waals surface area contributed by atoms with Gasteiger partial charge in [-0.1, -0.05) is 15.9 Å². The molecule has 0 radical (unpaired) electrons. The molecule has 1 aliphatic rings. The quantitative estimate of drug-likeness (QED) is 0.827. The van der Waals surface area contributed by atoms with E-state index in [-0.39, 0.29) is 0 Å². The molecule has 1 unspecified atom stereocenters. The van der Waals surface area contributed by atoms with Crippen molar-refractivity contribution in [3.05, 3.63) is 28.7 Å². The summed E-state index contributed by atoms with van der Waals surface area (Å²) < 4.78 is 1.11. The summed E-state index contributed by atoms with van der Waals surface area (Å²) >= 11 is 3.44. The van der Waals surface area contributed by atoms with E-state index in [4.69, 9.17) is 5.26 Å². The Bertz CT molecular complexity index is 380. The van der Waals surface area contributed by atoms with Crippen LogP contribution in [0.25, 0.3) is 0 Å². The third kappa shape index (κ3) is 2.76. The van der Waals surface area contributed by atoms with Crippen LogP contribution in [0.1, 0.15) is 19.3 Å². The smallest absolute Gasteiger partial charge is 0.0625 e. The minimum Gasteiger partial charge on any atom is -0.371 e. The van der Waals surface area contributed by atoms with Gasteiger partial charge in [-0.05, 0) is 43.0 Å². The Morgan fingerprint density at radius 1 is 1.38 bits per heavy atom. The molecule has 84 valence electrons. The van der Waals surface area contributed by atoms with E-state index in [1.165, 1.54) is 18.5 Å². The predicted octanol–water partition coefficient (Wildman–Crippen LogP) is 3.58. The minimum atomic E-state index is 0.544. The Morgan fingerprint density at radius 3 is 2.81 bits per heavy atom. The van der Waals surface area contributed by atoms with Crippen molar-refractivity contribution >= 4 is 21.6 Å². The maximum absolute atomic E-state index is 8.74. The molecule has 1 aliphatic heterocycles. The summed E-state index contributed by atoms with van der Waals surface area (Å²) in [6.07, 6.45) is 3.08. The highest BCUT2D eigenvalue weighted by molar-refractivity contribution is 9.10.